The van der Waals surface area contributed by atoms with Crippen molar-refractivity contribution < 1.29 is 23.5 Å². The van der Waals surface area contributed by atoms with Crippen molar-refractivity contribution in [2.75, 3.05) is 38.2 Å². The van der Waals surface area contributed by atoms with Crippen molar-refractivity contribution in [2.24, 2.45) is 11.7 Å². The van der Waals surface area contributed by atoms with Gasteiger partial charge in [0.2, 0.25) is 5.91 Å². The molecule has 1 aliphatic heterocycles. The van der Waals surface area contributed by atoms with Crippen LogP contribution in [-0.2, 0) is 25.7 Å². The molecule has 1 saturated heterocycles. The van der Waals surface area contributed by atoms with Gasteiger partial charge in [0.15, 0.2) is 5.82 Å². The number of amidine groups is 1. The smallest absolute Gasteiger partial charge is 0.313 e. The number of esters is 1. The number of nitrogens with one attached hydrogen (secondary N) is 1. The fourth-order valence-electron chi connectivity index (χ4n) is 4.30. The molecule has 1 saturated carbocycles. The van der Waals surface area contributed by atoms with Crippen molar-refractivity contribution in [3.63, 3.8) is 0 Å². The lowest BCUT2D eigenvalue weighted by Gasteiger charge is -2.39. The van der Waals surface area contributed by atoms with Crippen molar-refractivity contribution in [3.8, 4) is 0 Å². The number of methoxy groups -OCH3 is 1. The summed E-state index contributed by atoms with van der Waals surface area (Å²) < 4.78 is 25.5. The first kappa shape index (κ1) is 25.6. The topological polar surface area (TPSA) is 109 Å². The summed E-state index contributed by atoms with van der Waals surface area (Å²) in [5, 5.41) is 7.11. The van der Waals surface area contributed by atoms with E-state index in [4.69, 9.17) is 20.6 Å². The van der Waals surface area contributed by atoms with Gasteiger partial charge in [0, 0.05) is 44.8 Å². The number of halogens is 1. The van der Waals surface area contributed by atoms with E-state index in [2.05, 4.69) is 0 Å². The highest BCUT2D eigenvalue weighted by atomic mass is 19.1. The molecule has 0 unspecified atom stereocenters. The summed E-state index contributed by atoms with van der Waals surface area (Å²) in [5.41, 5.74) is 5.87. The third kappa shape index (κ3) is 6.41. The van der Waals surface area contributed by atoms with E-state index in [1.165, 1.54) is 0 Å². The van der Waals surface area contributed by atoms with Crippen LogP contribution in [0.5, 0.6) is 0 Å². The molecule has 1 heterocycles. The fourth-order valence-corrected chi connectivity index (χ4v) is 4.30. The second-order valence-corrected chi connectivity index (χ2v) is 8.15. The van der Waals surface area contributed by atoms with Crippen molar-refractivity contribution >= 4 is 23.4 Å². The molecule has 0 aromatic heterocycles. The van der Waals surface area contributed by atoms with Gasteiger partial charge in [-0.25, -0.2) is 4.39 Å². The third-order valence-corrected chi connectivity index (χ3v) is 6.02. The van der Waals surface area contributed by atoms with Gasteiger partial charge < -0.3 is 25.0 Å². The summed E-state index contributed by atoms with van der Waals surface area (Å²) in [6.45, 7) is 1.95. The number of amides is 1. The Morgan fingerprint density at radius 1 is 1.22 bits per heavy atom. The summed E-state index contributed by atoms with van der Waals surface area (Å²) in [6.07, 6.45) is 3.53. The largest absolute Gasteiger partial charge is 0.460 e. The van der Waals surface area contributed by atoms with Gasteiger partial charge in [-0.3, -0.25) is 15.0 Å². The van der Waals surface area contributed by atoms with E-state index in [1.54, 1.807) is 25.3 Å². The summed E-state index contributed by atoms with van der Waals surface area (Å²) >= 11 is 0. The summed E-state index contributed by atoms with van der Waals surface area (Å²) in [6, 6.07) is 4.98. The predicted molar refractivity (Wildman–Crippen MR) is 121 cm³/mol. The SMILES string of the molecule is C.CO[C@@H]1CCC[C@@H](C(=O)N2CCN(c3cccc(COC(=O)CC(=N)N)c3F)CC2)C1. The minimum atomic E-state index is -0.664. The van der Waals surface area contributed by atoms with Gasteiger partial charge in [-0.05, 0) is 25.3 Å². The molecule has 2 atom stereocenters. The highest BCUT2D eigenvalue weighted by molar-refractivity contribution is 5.94. The van der Waals surface area contributed by atoms with E-state index in [9.17, 15) is 9.59 Å². The predicted octanol–water partition coefficient (Wildman–Crippen LogP) is 2.68. The Bertz CT molecular complexity index is 811. The highest BCUT2D eigenvalue weighted by Crippen LogP contribution is 2.29. The summed E-state index contributed by atoms with van der Waals surface area (Å²) in [5.74, 6) is -1.21. The van der Waals surface area contributed by atoms with Gasteiger partial charge in [-0.2, -0.15) is 0 Å². The molecule has 8 nitrogen and oxygen atoms in total. The maximum absolute atomic E-state index is 15.0. The van der Waals surface area contributed by atoms with Crippen LogP contribution in [0.3, 0.4) is 0 Å². The molecule has 9 heteroatoms. The van der Waals surface area contributed by atoms with Crippen LogP contribution in [-0.4, -0.2) is 62.0 Å². The Morgan fingerprint density at radius 2 is 1.94 bits per heavy atom. The van der Waals surface area contributed by atoms with E-state index < -0.39 is 11.8 Å². The quantitative estimate of drug-likeness (QED) is 0.376. The molecule has 3 N–H and O–H groups in total. The maximum atomic E-state index is 15.0. The van der Waals surface area contributed by atoms with E-state index in [0.717, 1.165) is 25.7 Å². The van der Waals surface area contributed by atoms with Crippen LogP contribution in [0.4, 0.5) is 10.1 Å². The molecular weight excluding hydrogens is 415 g/mol. The first-order valence-electron chi connectivity index (χ1n) is 10.7. The third-order valence-electron chi connectivity index (χ3n) is 6.02. The molecule has 1 aliphatic carbocycles. The summed E-state index contributed by atoms with van der Waals surface area (Å²) in [4.78, 5) is 28.3. The molecule has 1 aromatic carbocycles. The Morgan fingerprint density at radius 3 is 2.59 bits per heavy atom. The van der Waals surface area contributed by atoms with Gasteiger partial charge >= 0.3 is 5.97 Å². The van der Waals surface area contributed by atoms with Gasteiger partial charge in [0.05, 0.1) is 11.8 Å². The van der Waals surface area contributed by atoms with Crippen LogP contribution < -0.4 is 10.6 Å². The fraction of sp³-hybridized carbons (Fsp3) is 0.609. The number of rotatable bonds is 7. The Hall–Kier alpha value is -2.68. The number of ether oxygens (including phenoxy) is 2. The number of anilines is 1. The molecule has 2 aliphatic rings. The molecule has 2 fully saturated rings. The zero-order valence-electron chi connectivity index (χ0n) is 17.9. The van der Waals surface area contributed by atoms with Gasteiger partial charge in [-0.15, -0.1) is 0 Å². The Balaban J connectivity index is 0.00000363. The standard InChI is InChI=1S/C22H31FN4O4.CH4/c1-30-17-6-2-4-15(12-17)22(29)27-10-8-26(9-11-27)18-7-3-5-16(21(18)23)14-31-20(28)13-19(24)25;/h3,5,7,15,17H,2,4,6,8-14H2,1H3,(H3,24,25);1H4/t15-,17-;/m1./s1. The lowest BCUT2D eigenvalue weighted by atomic mass is 9.86. The average molecular weight is 451 g/mol. The molecular formula is C23H35FN4O4. The zero-order valence-corrected chi connectivity index (χ0v) is 17.9. The van der Waals surface area contributed by atoms with Gasteiger partial charge in [0.1, 0.15) is 18.9 Å². The molecule has 3 rings (SSSR count). The lowest BCUT2D eigenvalue weighted by molar-refractivity contribution is -0.143. The van der Waals surface area contributed by atoms with E-state index >= 15 is 4.39 Å². The number of piperazine rings is 1. The van der Waals surface area contributed by atoms with Crippen molar-refractivity contribution in [1.29, 1.82) is 5.41 Å². The molecule has 1 aromatic rings. The molecule has 0 radical (unpaired) electrons. The van der Waals surface area contributed by atoms with E-state index in [1.807, 2.05) is 9.80 Å². The van der Waals surface area contributed by atoms with Crippen LogP contribution in [0.1, 0.15) is 45.1 Å². The van der Waals surface area contributed by atoms with Crippen molar-refractivity contribution in [3.05, 3.63) is 29.6 Å². The molecule has 0 spiro atoms. The Labute approximate surface area is 189 Å². The first-order chi connectivity index (χ1) is 14.9. The van der Waals surface area contributed by atoms with Gasteiger partial charge in [-0.1, -0.05) is 26.0 Å². The second-order valence-electron chi connectivity index (χ2n) is 8.15. The van der Waals surface area contributed by atoms with Crippen molar-refractivity contribution in [2.45, 2.75) is 52.2 Å². The monoisotopic (exact) mass is 450 g/mol. The summed E-state index contributed by atoms with van der Waals surface area (Å²) in [7, 11) is 1.70. The average Bonchev–Trinajstić information content (AvgIpc) is 2.77. The van der Waals surface area contributed by atoms with E-state index in [-0.39, 0.29) is 49.8 Å². The normalized spacial score (nSPS) is 20.9. The lowest BCUT2D eigenvalue weighted by Crippen LogP contribution is -2.51. The number of nitrogens with two attached hydrogens (primary N) is 1. The van der Waals surface area contributed by atoms with Crippen LogP contribution >= 0.6 is 0 Å². The van der Waals surface area contributed by atoms with E-state index in [0.29, 0.717) is 31.9 Å². The Kier molecular flexibility index (Phi) is 9.43. The number of carbonyl (C=O) groups excluding carboxylic acids is 2. The highest BCUT2D eigenvalue weighted by Gasteiger charge is 2.32. The van der Waals surface area contributed by atoms with Crippen molar-refractivity contribution in [1.82, 2.24) is 4.90 Å². The number of carbonyl (C=O) groups is 2. The minimum Gasteiger partial charge on any atom is -0.460 e. The number of benzene rings is 1. The molecule has 0 bridgehead atoms. The zero-order chi connectivity index (χ0) is 22.4. The number of hydrogen-bond donors (Lipinski definition) is 2. The molecule has 1 amide bonds. The first-order valence-corrected chi connectivity index (χ1v) is 10.7. The number of nitrogens with zero attached hydrogens (tertiary/aromatic N) is 2. The van der Waals surface area contributed by atoms with Crippen LogP contribution in [0.2, 0.25) is 0 Å². The minimum absolute atomic E-state index is 0. The van der Waals surface area contributed by atoms with Gasteiger partial charge in [0.25, 0.3) is 0 Å². The number of hydrogen-bond acceptors (Lipinski definition) is 6. The second kappa shape index (κ2) is 11.8. The maximum Gasteiger partial charge on any atom is 0.313 e. The van der Waals surface area contributed by atoms with Crippen LogP contribution in [0, 0.1) is 17.1 Å². The van der Waals surface area contributed by atoms with Crippen LogP contribution in [0.25, 0.3) is 0 Å². The molecule has 178 valence electrons. The van der Waals surface area contributed by atoms with Crippen LogP contribution in [0.15, 0.2) is 18.2 Å². The molecule has 32 heavy (non-hydrogen) atoms.